The highest BCUT2D eigenvalue weighted by Gasteiger charge is 2.40. The first-order chi connectivity index (χ1) is 15.4. The Morgan fingerprint density at radius 3 is 2.47 bits per heavy atom. The van der Waals surface area contributed by atoms with Crippen LogP contribution >= 0.6 is 0 Å². The molecule has 1 N–H and O–H groups in total. The number of halogens is 3. The monoisotopic (exact) mass is 441 g/mol. The molecule has 2 aliphatic heterocycles. The maximum absolute atomic E-state index is 13.6. The summed E-state index contributed by atoms with van der Waals surface area (Å²) in [4.78, 5) is 19.3. The fourth-order valence-corrected chi connectivity index (χ4v) is 4.60. The van der Waals surface area contributed by atoms with Crippen molar-refractivity contribution in [2.24, 2.45) is 0 Å². The van der Waals surface area contributed by atoms with Gasteiger partial charge in [-0.05, 0) is 42.7 Å². The van der Waals surface area contributed by atoms with Crippen LogP contribution in [0.15, 0.2) is 42.5 Å². The van der Waals surface area contributed by atoms with Crippen molar-refractivity contribution in [1.29, 1.82) is 0 Å². The minimum Gasteiger partial charge on any atom is -0.349 e. The lowest BCUT2D eigenvalue weighted by atomic mass is 9.84. The molecule has 5 rings (SSSR count). The zero-order valence-corrected chi connectivity index (χ0v) is 17.3. The lowest BCUT2D eigenvalue weighted by Gasteiger charge is -2.41. The molecule has 3 aromatic rings. The smallest absolute Gasteiger partial charge is 0.242 e. The van der Waals surface area contributed by atoms with Crippen LogP contribution in [0.4, 0.5) is 13.2 Å². The highest BCUT2D eigenvalue weighted by molar-refractivity contribution is 5.77. The number of amides is 1. The number of aromatic nitrogens is 3. The van der Waals surface area contributed by atoms with Crippen molar-refractivity contribution < 1.29 is 18.0 Å². The minimum atomic E-state index is -0.585. The van der Waals surface area contributed by atoms with Crippen molar-refractivity contribution in [3.8, 4) is 11.4 Å². The first kappa shape index (κ1) is 20.7. The molecule has 0 radical (unpaired) electrons. The Balaban J connectivity index is 1.32. The van der Waals surface area contributed by atoms with Crippen molar-refractivity contribution in [2.75, 3.05) is 13.1 Å². The summed E-state index contributed by atoms with van der Waals surface area (Å²) < 4.78 is 42.2. The van der Waals surface area contributed by atoms with Gasteiger partial charge in [0.2, 0.25) is 5.91 Å². The van der Waals surface area contributed by atoms with Gasteiger partial charge in [0.25, 0.3) is 0 Å². The molecule has 1 amide bonds. The van der Waals surface area contributed by atoms with E-state index < -0.39 is 17.2 Å². The summed E-state index contributed by atoms with van der Waals surface area (Å²) in [5.74, 6) is -0.596. The fourth-order valence-electron chi connectivity index (χ4n) is 4.60. The van der Waals surface area contributed by atoms with Gasteiger partial charge in [-0.3, -0.25) is 9.69 Å². The summed E-state index contributed by atoms with van der Waals surface area (Å²) in [7, 11) is 0. The summed E-state index contributed by atoms with van der Waals surface area (Å²) in [6, 6.07) is 9.63. The lowest BCUT2D eigenvalue weighted by Crippen LogP contribution is -2.56. The normalized spacial score (nSPS) is 18.3. The van der Waals surface area contributed by atoms with Crippen molar-refractivity contribution in [3.05, 3.63) is 71.3 Å². The maximum atomic E-state index is 13.6. The Morgan fingerprint density at radius 2 is 1.75 bits per heavy atom. The van der Waals surface area contributed by atoms with E-state index in [2.05, 4.69) is 20.3 Å². The topological polar surface area (TPSA) is 63.1 Å². The zero-order chi connectivity index (χ0) is 22.3. The van der Waals surface area contributed by atoms with Gasteiger partial charge < -0.3 is 5.32 Å². The predicted octanol–water partition coefficient (Wildman–Crippen LogP) is 3.07. The van der Waals surface area contributed by atoms with Crippen molar-refractivity contribution >= 4 is 5.91 Å². The van der Waals surface area contributed by atoms with E-state index in [-0.39, 0.29) is 18.3 Å². The molecule has 1 aromatic heterocycles. The Morgan fingerprint density at radius 1 is 1.00 bits per heavy atom. The van der Waals surface area contributed by atoms with Crippen LogP contribution < -0.4 is 5.32 Å². The van der Waals surface area contributed by atoms with Crippen LogP contribution in [0.3, 0.4) is 0 Å². The average molecular weight is 441 g/mol. The molecule has 2 aliphatic rings. The van der Waals surface area contributed by atoms with Gasteiger partial charge in [-0.25, -0.2) is 22.8 Å². The molecule has 166 valence electrons. The van der Waals surface area contributed by atoms with Gasteiger partial charge in [0.1, 0.15) is 29.8 Å². The molecular formula is C23H22F3N5O. The van der Waals surface area contributed by atoms with Crippen LogP contribution in [-0.2, 0) is 24.3 Å². The molecule has 1 fully saturated rings. The van der Waals surface area contributed by atoms with Gasteiger partial charge in [-0.1, -0.05) is 12.1 Å². The molecular weight excluding hydrogens is 419 g/mol. The summed E-state index contributed by atoms with van der Waals surface area (Å²) >= 11 is 0. The van der Waals surface area contributed by atoms with E-state index >= 15 is 0 Å². The third-order valence-corrected chi connectivity index (χ3v) is 6.17. The zero-order valence-electron chi connectivity index (χ0n) is 17.3. The van der Waals surface area contributed by atoms with Crippen molar-refractivity contribution in [1.82, 2.24) is 25.0 Å². The van der Waals surface area contributed by atoms with Crippen molar-refractivity contribution in [2.45, 2.75) is 37.9 Å². The second-order valence-corrected chi connectivity index (χ2v) is 8.58. The first-order valence-electron chi connectivity index (χ1n) is 10.6. The third kappa shape index (κ3) is 4.25. The van der Waals surface area contributed by atoms with Crippen LogP contribution in [0, 0.1) is 17.5 Å². The summed E-state index contributed by atoms with van der Waals surface area (Å²) in [5.41, 5.74) is 0.696. The molecule has 2 aromatic carbocycles. The molecule has 1 saturated heterocycles. The Kier molecular flexibility index (Phi) is 5.21. The molecule has 3 heterocycles. The van der Waals surface area contributed by atoms with E-state index in [1.807, 2.05) is 0 Å². The van der Waals surface area contributed by atoms with E-state index in [9.17, 15) is 18.0 Å². The number of carbonyl (C=O) groups excluding carboxylic acids is 1. The SMILES string of the molecule is O=C1Cn2nc(-c3cccc(F)c3)nc2CC2(CCN(Cc3cc(F)cc(F)c3)CC2)N1. The van der Waals surface area contributed by atoms with E-state index in [4.69, 9.17) is 0 Å². The van der Waals surface area contributed by atoms with E-state index in [1.165, 1.54) is 24.3 Å². The summed E-state index contributed by atoms with van der Waals surface area (Å²) in [5, 5.41) is 7.59. The van der Waals surface area contributed by atoms with Crippen LogP contribution in [0.2, 0.25) is 0 Å². The molecule has 0 aliphatic carbocycles. The van der Waals surface area contributed by atoms with Gasteiger partial charge in [-0.15, -0.1) is 0 Å². The van der Waals surface area contributed by atoms with Gasteiger partial charge in [0.05, 0.1) is 0 Å². The van der Waals surface area contributed by atoms with Crippen LogP contribution in [-0.4, -0.2) is 44.2 Å². The third-order valence-electron chi connectivity index (χ3n) is 6.17. The number of rotatable bonds is 3. The summed E-state index contributed by atoms with van der Waals surface area (Å²) in [6.45, 7) is 1.84. The van der Waals surface area contributed by atoms with Gasteiger partial charge in [0, 0.05) is 43.2 Å². The second kappa shape index (κ2) is 8.05. The number of carbonyl (C=O) groups is 1. The Hall–Kier alpha value is -3.20. The molecule has 0 atom stereocenters. The standard InChI is InChI=1S/C23H22F3N5O/c24-17-3-1-2-16(10-17)22-27-20-12-23(28-21(32)14-31(20)29-22)4-6-30(7-5-23)13-15-8-18(25)11-19(26)9-15/h1-3,8-11H,4-7,12-14H2,(H,28,32). The van der Waals surface area contributed by atoms with E-state index in [0.717, 1.165) is 6.07 Å². The molecule has 0 bridgehead atoms. The highest BCUT2D eigenvalue weighted by atomic mass is 19.1. The first-order valence-corrected chi connectivity index (χ1v) is 10.6. The number of nitrogens with one attached hydrogen (secondary N) is 1. The van der Waals surface area contributed by atoms with Crippen LogP contribution in [0.25, 0.3) is 11.4 Å². The van der Waals surface area contributed by atoms with Gasteiger partial charge in [-0.2, -0.15) is 5.10 Å². The molecule has 0 saturated carbocycles. The maximum Gasteiger partial charge on any atom is 0.242 e. The lowest BCUT2D eigenvalue weighted by molar-refractivity contribution is -0.123. The average Bonchev–Trinajstić information content (AvgIpc) is 3.05. The minimum absolute atomic E-state index is 0.0612. The number of piperidine rings is 1. The fraction of sp³-hybridized carbons (Fsp3) is 0.348. The molecule has 0 unspecified atom stereocenters. The number of hydrogen-bond donors (Lipinski definition) is 1. The predicted molar refractivity (Wildman–Crippen MR) is 111 cm³/mol. The van der Waals surface area contributed by atoms with Crippen molar-refractivity contribution in [3.63, 3.8) is 0 Å². The van der Waals surface area contributed by atoms with Crippen LogP contribution in [0.1, 0.15) is 24.2 Å². The van der Waals surface area contributed by atoms with Gasteiger partial charge >= 0.3 is 0 Å². The van der Waals surface area contributed by atoms with Crippen LogP contribution in [0.5, 0.6) is 0 Å². The quantitative estimate of drug-likeness (QED) is 0.679. The molecule has 9 heteroatoms. The number of hydrogen-bond acceptors (Lipinski definition) is 4. The number of nitrogens with zero attached hydrogens (tertiary/aromatic N) is 4. The van der Waals surface area contributed by atoms with E-state index in [1.54, 1.807) is 16.8 Å². The van der Waals surface area contributed by atoms with E-state index in [0.29, 0.717) is 61.7 Å². The Bertz CT molecular complexity index is 1150. The number of likely N-dealkylation sites (tertiary alicyclic amines) is 1. The molecule has 32 heavy (non-hydrogen) atoms. The largest absolute Gasteiger partial charge is 0.349 e. The molecule has 6 nitrogen and oxygen atoms in total. The highest BCUT2D eigenvalue weighted by Crippen LogP contribution is 2.30. The molecule has 1 spiro atoms. The van der Waals surface area contributed by atoms with Gasteiger partial charge in [0.15, 0.2) is 5.82 Å². The second-order valence-electron chi connectivity index (χ2n) is 8.58. The number of fused-ring (bicyclic) bond motifs is 1. The number of benzene rings is 2. The Labute approximate surface area is 183 Å². The summed E-state index contributed by atoms with van der Waals surface area (Å²) in [6.07, 6.45) is 1.88.